The average molecular weight is 645 g/mol. The number of hydrogen-bond donors (Lipinski definition) is 2. The van der Waals surface area contributed by atoms with E-state index < -0.39 is 0 Å². The van der Waals surface area contributed by atoms with E-state index in [9.17, 15) is 10.5 Å². The highest BCUT2D eigenvalue weighted by Crippen LogP contribution is 2.50. The molecule has 6 heteroatoms. The van der Waals surface area contributed by atoms with Gasteiger partial charge in [0.25, 0.3) is 0 Å². The molecule has 0 amide bonds. The number of allylic oxidation sites excluding steroid dienone is 4. The Morgan fingerprint density at radius 1 is 0.939 bits per heavy atom. The number of para-hydroxylation sites is 1. The third kappa shape index (κ3) is 4.92. The van der Waals surface area contributed by atoms with E-state index in [1.54, 1.807) is 5.57 Å². The molecule has 9 rings (SSSR count). The SMILES string of the molecule is CC1(N2C3=C(CCC=C3)C3CCC=CC32)CC(C2CCC=C(c3ccccc3C#N)N2)=CC(n2c3c(c4ccccc42)CC(C#N)CC3)N1. The van der Waals surface area contributed by atoms with Crippen LogP contribution in [-0.4, -0.2) is 27.2 Å². The summed E-state index contributed by atoms with van der Waals surface area (Å²) in [7, 11) is 0. The van der Waals surface area contributed by atoms with Crippen molar-refractivity contribution < 1.29 is 0 Å². The van der Waals surface area contributed by atoms with E-state index >= 15 is 0 Å². The lowest BCUT2D eigenvalue weighted by Gasteiger charge is -2.51. The van der Waals surface area contributed by atoms with E-state index in [1.807, 2.05) is 18.2 Å². The van der Waals surface area contributed by atoms with Gasteiger partial charge in [0.1, 0.15) is 6.17 Å². The number of rotatable bonds is 4. The second kappa shape index (κ2) is 12.0. The molecule has 3 aromatic rings. The maximum atomic E-state index is 9.93. The lowest BCUT2D eigenvalue weighted by Crippen LogP contribution is -2.62. The van der Waals surface area contributed by atoms with Crippen LogP contribution in [0.25, 0.3) is 16.6 Å². The van der Waals surface area contributed by atoms with Crippen LogP contribution in [-0.2, 0) is 12.8 Å². The molecule has 246 valence electrons. The quantitative estimate of drug-likeness (QED) is 0.279. The Hall–Kier alpha value is -4.78. The van der Waals surface area contributed by atoms with E-state index in [-0.39, 0.29) is 23.8 Å². The van der Waals surface area contributed by atoms with Crippen molar-refractivity contribution >= 4 is 16.6 Å². The van der Waals surface area contributed by atoms with Crippen molar-refractivity contribution in [1.82, 2.24) is 20.1 Å². The average Bonchev–Trinajstić information content (AvgIpc) is 3.68. The van der Waals surface area contributed by atoms with Gasteiger partial charge in [-0.1, -0.05) is 60.7 Å². The zero-order valence-corrected chi connectivity index (χ0v) is 28.3. The Labute approximate surface area is 289 Å². The van der Waals surface area contributed by atoms with Crippen molar-refractivity contribution in [2.45, 2.75) is 95.0 Å². The summed E-state index contributed by atoms with van der Waals surface area (Å²) in [6, 6.07) is 22.3. The molecule has 3 aliphatic carbocycles. The normalized spacial score (nSPS) is 30.4. The van der Waals surface area contributed by atoms with E-state index in [0.717, 1.165) is 69.0 Å². The van der Waals surface area contributed by atoms with Gasteiger partial charge in [-0.25, -0.2) is 0 Å². The van der Waals surface area contributed by atoms with Gasteiger partial charge in [0, 0.05) is 46.4 Å². The van der Waals surface area contributed by atoms with Crippen LogP contribution in [0, 0.1) is 34.5 Å². The van der Waals surface area contributed by atoms with Crippen molar-refractivity contribution in [1.29, 1.82) is 10.5 Å². The standard InChI is InChI=1S/C43H44N6/c1-43(49-40-19-8-5-13-32(40)33-14-6-9-20-41(33)49)25-30(36-16-10-17-37(46-36)31-12-3-2-11-29(31)27-45)24-42(47-43)48-38-18-7-4-15-34(38)35-23-28(26-44)21-22-39(35)48/h2-4,7-9,11-12,15,17-20,24,28,32,36,40,42,46-47H,5-6,10,13-14,16,21-23,25H2,1H3. The van der Waals surface area contributed by atoms with E-state index in [2.05, 4.69) is 106 Å². The van der Waals surface area contributed by atoms with Gasteiger partial charge in [-0.3, -0.25) is 5.32 Å². The summed E-state index contributed by atoms with van der Waals surface area (Å²) in [6.07, 6.45) is 24.6. The van der Waals surface area contributed by atoms with Crippen molar-refractivity contribution in [2.75, 3.05) is 0 Å². The zero-order chi connectivity index (χ0) is 33.1. The molecular weight excluding hydrogens is 601 g/mol. The Morgan fingerprint density at radius 2 is 1.82 bits per heavy atom. The highest BCUT2D eigenvalue weighted by molar-refractivity contribution is 5.86. The summed E-state index contributed by atoms with van der Waals surface area (Å²) in [4.78, 5) is 2.76. The van der Waals surface area contributed by atoms with Crippen molar-refractivity contribution in [3.63, 3.8) is 0 Å². The van der Waals surface area contributed by atoms with Crippen LogP contribution in [0.1, 0.15) is 86.8 Å². The van der Waals surface area contributed by atoms with Crippen LogP contribution in [0.3, 0.4) is 0 Å². The van der Waals surface area contributed by atoms with Gasteiger partial charge in [0.2, 0.25) is 0 Å². The summed E-state index contributed by atoms with van der Waals surface area (Å²) in [5.74, 6) is 0.641. The molecule has 0 saturated heterocycles. The topological polar surface area (TPSA) is 79.8 Å². The fourth-order valence-electron chi connectivity index (χ4n) is 10.1. The summed E-state index contributed by atoms with van der Waals surface area (Å²) in [5, 5.41) is 29.4. The molecule has 2 aromatic carbocycles. The maximum absolute atomic E-state index is 9.93. The highest BCUT2D eigenvalue weighted by Gasteiger charge is 2.50. The summed E-state index contributed by atoms with van der Waals surface area (Å²) >= 11 is 0. The molecule has 6 aliphatic rings. The van der Waals surface area contributed by atoms with Crippen LogP contribution in [0.2, 0.25) is 0 Å². The molecule has 6 unspecified atom stereocenters. The minimum absolute atomic E-state index is 0.0492. The minimum atomic E-state index is -0.339. The molecule has 3 aliphatic heterocycles. The monoisotopic (exact) mass is 644 g/mol. The number of aromatic nitrogens is 1. The van der Waals surface area contributed by atoms with Gasteiger partial charge in [0.15, 0.2) is 0 Å². The van der Waals surface area contributed by atoms with Gasteiger partial charge in [-0.15, -0.1) is 0 Å². The first kappa shape index (κ1) is 30.3. The number of benzene rings is 2. The second-order valence-electron chi connectivity index (χ2n) is 15.0. The summed E-state index contributed by atoms with van der Waals surface area (Å²) in [5.41, 5.74) is 10.9. The van der Waals surface area contributed by atoms with Crippen LogP contribution in [0.5, 0.6) is 0 Å². The lowest BCUT2D eigenvalue weighted by atomic mass is 9.82. The number of hydrogen-bond acceptors (Lipinski definition) is 5. The Balaban J connectivity index is 1.18. The fourth-order valence-corrected chi connectivity index (χ4v) is 10.1. The van der Waals surface area contributed by atoms with Crippen molar-refractivity contribution in [2.24, 2.45) is 11.8 Å². The van der Waals surface area contributed by atoms with Gasteiger partial charge in [-0.05, 0) is 106 Å². The highest BCUT2D eigenvalue weighted by atomic mass is 15.4. The largest absolute Gasteiger partial charge is 0.378 e. The molecular formula is C43H44N6. The van der Waals surface area contributed by atoms with Crippen molar-refractivity contribution in [3.8, 4) is 12.1 Å². The molecule has 2 N–H and O–H groups in total. The Kier molecular flexibility index (Phi) is 7.40. The first-order valence-electron chi connectivity index (χ1n) is 18.4. The molecule has 0 fully saturated rings. The van der Waals surface area contributed by atoms with Crippen LogP contribution >= 0.6 is 0 Å². The first-order valence-corrected chi connectivity index (χ1v) is 18.4. The van der Waals surface area contributed by atoms with Gasteiger partial charge < -0.3 is 14.8 Å². The first-order chi connectivity index (χ1) is 24.1. The Morgan fingerprint density at radius 3 is 2.71 bits per heavy atom. The van der Waals surface area contributed by atoms with E-state index in [0.29, 0.717) is 17.5 Å². The van der Waals surface area contributed by atoms with Gasteiger partial charge in [0.05, 0.1) is 40.8 Å². The molecule has 0 radical (unpaired) electrons. The molecule has 0 saturated carbocycles. The molecule has 6 nitrogen and oxygen atoms in total. The maximum Gasteiger partial charge on any atom is 0.105 e. The number of nitrogens with one attached hydrogen (secondary N) is 2. The number of nitrogens with zero attached hydrogens (tertiary/aromatic N) is 4. The molecule has 1 aromatic heterocycles. The van der Waals surface area contributed by atoms with E-state index in [1.165, 1.54) is 39.9 Å². The minimum Gasteiger partial charge on any atom is -0.378 e. The van der Waals surface area contributed by atoms with E-state index in [4.69, 9.17) is 0 Å². The molecule has 0 bridgehead atoms. The molecule has 4 heterocycles. The third-order valence-electron chi connectivity index (χ3n) is 12.2. The molecule has 6 atom stereocenters. The van der Waals surface area contributed by atoms with Gasteiger partial charge >= 0.3 is 0 Å². The zero-order valence-electron chi connectivity index (χ0n) is 28.3. The predicted octanol–water partition coefficient (Wildman–Crippen LogP) is 8.32. The molecule has 49 heavy (non-hydrogen) atoms. The smallest absolute Gasteiger partial charge is 0.105 e. The molecule has 0 spiro atoms. The number of nitriles is 2. The third-order valence-corrected chi connectivity index (χ3v) is 12.2. The fraction of sp³-hybridized carbons (Fsp3) is 0.395. The summed E-state index contributed by atoms with van der Waals surface area (Å²) < 4.78 is 2.58. The van der Waals surface area contributed by atoms with Crippen molar-refractivity contribution in [3.05, 3.63) is 124 Å². The van der Waals surface area contributed by atoms with Gasteiger partial charge in [-0.2, -0.15) is 10.5 Å². The van der Waals surface area contributed by atoms with Crippen LogP contribution in [0.4, 0.5) is 0 Å². The van der Waals surface area contributed by atoms with Crippen LogP contribution < -0.4 is 10.6 Å². The second-order valence-corrected chi connectivity index (χ2v) is 15.0. The Bertz CT molecular complexity index is 2080. The number of fused-ring (bicyclic) bond motifs is 5. The van der Waals surface area contributed by atoms with Crippen LogP contribution in [0.15, 0.2) is 102 Å². The summed E-state index contributed by atoms with van der Waals surface area (Å²) in [6.45, 7) is 2.44. The predicted molar refractivity (Wildman–Crippen MR) is 195 cm³/mol. The lowest BCUT2D eigenvalue weighted by molar-refractivity contribution is 0.0568.